The molecule has 0 bridgehead atoms. The number of benzene rings is 1. The van der Waals surface area contributed by atoms with Gasteiger partial charge in [0.2, 0.25) is 0 Å². The summed E-state index contributed by atoms with van der Waals surface area (Å²) in [4.78, 5) is 24.1. The monoisotopic (exact) mass is 372 g/mol. The Labute approximate surface area is 160 Å². The van der Waals surface area contributed by atoms with Gasteiger partial charge in [-0.25, -0.2) is 4.79 Å². The molecule has 0 aliphatic carbocycles. The summed E-state index contributed by atoms with van der Waals surface area (Å²) in [7, 11) is 0. The number of ether oxygens (including phenoxy) is 1. The smallest absolute Gasteiger partial charge is 0.407 e. The topological polar surface area (TPSA) is 85.3 Å². The minimum Gasteiger partial charge on any atom is -0.444 e. The van der Waals surface area contributed by atoms with Crippen molar-refractivity contribution in [1.29, 1.82) is 0 Å². The third-order valence-electron chi connectivity index (χ3n) is 3.86. The van der Waals surface area contributed by atoms with E-state index in [1.54, 1.807) is 20.8 Å². The second-order valence-electron chi connectivity index (χ2n) is 7.37. The Kier molecular flexibility index (Phi) is 6.60. The summed E-state index contributed by atoms with van der Waals surface area (Å²) in [6, 6.07) is 9.98. The maximum absolute atomic E-state index is 12.5. The van der Waals surface area contributed by atoms with Crippen LogP contribution in [0.4, 0.5) is 4.79 Å². The van der Waals surface area contributed by atoms with E-state index < -0.39 is 11.7 Å². The minimum absolute atomic E-state index is 0.199. The SMILES string of the molecule is Cc1nn(Cc2ccccc2)c(C)c1C(=O)NCCNC(=O)OC(C)(C)C. The molecule has 7 nitrogen and oxygen atoms in total. The predicted octanol–water partition coefficient (Wildman–Crippen LogP) is 2.80. The highest BCUT2D eigenvalue weighted by Crippen LogP contribution is 2.14. The van der Waals surface area contributed by atoms with E-state index in [9.17, 15) is 9.59 Å². The maximum atomic E-state index is 12.5. The number of aryl methyl sites for hydroxylation is 1. The molecule has 2 rings (SSSR count). The van der Waals surface area contributed by atoms with Gasteiger partial charge in [-0.2, -0.15) is 5.10 Å². The highest BCUT2D eigenvalue weighted by Gasteiger charge is 2.19. The van der Waals surface area contributed by atoms with Crippen LogP contribution in [-0.4, -0.2) is 40.5 Å². The quantitative estimate of drug-likeness (QED) is 0.764. The molecular weight excluding hydrogens is 344 g/mol. The molecule has 0 radical (unpaired) electrons. The molecule has 0 unspecified atom stereocenters. The Morgan fingerprint density at radius 1 is 1.07 bits per heavy atom. The summed E-state index contributed by atoms with van der Waals surface area (Å²) in [6.45, 7) is 10.3. The summed E-state index contributed by atoms with van der Waals surface area (Å²) in [5.41, 5.74) is 2.64. The van der Waals surface area contributed by atoms with Crippen LogP contribution in [0.15, 0.2) is 30.3 Å². The highest BCUT2D eigenvalue weighted by molar-refractivity contribution is 5.96. The first-order valence-corrected chi connectivity index (χ1v) is 9.00. The van der Waals surface area contributed by atoms with Gasteiger partial charge in [0.15, 0.2) is 0 Å². The van der Waals surface area contributed by atoms with Crippen LogP contribution < -0.4 is 10.6 Å². The third kappa shape index (κ3) is 6.13. The van der Waals surface area contributed by atoms with Gasteiger partial charge in [-0.1, -0.05) is 30.3 Å². The molecule has 0 aliphatic heterocycles. The first kappa shape index (κ1) is 20.5. The minimum atomic E-state index is -0.547. The van der Waals surface area contributed by atoms with Gasteiger partial charge in [-0.15, -0.1) is 0 Å². The number of alkyl carbamates (subject to hydrolysis) is 1. The van der Waals surface area contributed by atoms with Gasteiger partial charge >= 0.3 is 6.09 Å². The van der Waals surface area contributed by atoms with Crippen LogP contribution in [0.1, 0.15) is 48.1 Å². The molecule has 27 heavy (non-hydrogen) atoms. The van der Waals surface area contributed by atoms with Crippen molar-refractivity contribution >= 4 is 12.0 Å². The molecule has 1 heterocycles. The van der Waals surface area contributed by atoms with Gasteiger partial charge < -0.3 is 15.4 Å². The molecule has 1 aromatic carbocycles. The van der Waals surface area contributed by atoms with E-state index in [0.29, 0.717) is 24.3 Å². The fourth-order valence-electron chi connectivity index (χ4n) is 2.68. The normalized spacial score (nSPS) is 11.1. The molecule has 0 fully saturated rings. The summed E-state index contributed by atoms with van der Waals surface area (Å²) in [5, 5.41) is 9.92. The molecule has 2 amide bonds. The fourth-order valence-corrected chi connectivity index (χ4v) is 2.68. The number of hydrogen-bond donors (Lipinski definition) is 2. The lowest BCUT2D eigenvalue weighted by molar-refractivity contribution is 0.0526. The van der Waals surface area contributed by atoms with Crippen molar-refractivity contribution in [2.45, 2.75) is 46.8 Å². The van der Waals surface area contributed by atoms with Crippen LogP contribution in [0.3, 0.4) is 0 Å². The van der Waals surface area contributed by atoms with Crippen LogP contribution in [0.5, 0.6) is 0 Å². The molecule has 2 N–H and O–H groups in total. The number of amides is 2. The summed E-state index contributed by atoms with van der Waals surface area (Å²) >= 11 is 0. The van der Waals surface area contributed by atoms with E-state index in [2.05, 4.69) is 15.7 Å². The van der Waals surface area contributed by atoms with Gasteiger partial charge in [0, 0.05) is 18.8 Å². The average Bonchev–Trinajstić information content (AvgIpc) is 2.84. The first-order valence-electron chi connectivity index (χ1n) is 9.00. The molecule has 1 aromatic heterocycles. The number of rotatable bonds is 6. The number of hydrogen-bond acceptors (Lipinski definition) is 4. The predicted molar refractivity (Wildman–Crippen MR) is 104 cm³/mol. The molecular formula is C20H28N4O3. The molecule has 146 valence electrons. The van der Waals surface area contributed by atoms with Crippen LogP contribution in [-0.2, 0) is 11.3 Å². The number of nitrogens with one attached hydrogen (secondary N) is 2. The zero-order valence-electron chi connectivity index (χ0n) is 16.6. The van der Waals surface area contributed by atoms with E-state index in [1.807, 2.05) is 48.9 Å². The van der Waals surface area contributed by atoms with Crippen molar-refractivity contribution in [3.05, 3.63) is 52.8 Å². The van der Waals surface area contributed by atoms with Crippen molar-refractivity contribution < 1.29 is 14.3 Å². The van der Waals surface area contributed by atoms with Gasteiger partial charge in [-0.3, -0.25) is 9.48 Å². The van der Waals surface area contributed by atoms with Crippen LogP contribution in [0.2, 0.25) is 0 Å². The number of aromatic nitrogens is 2. The van der Waals surface area contributed by atoms with E-state index >= 15 is 0 Å². The molecule has 0 saturated carbocycles. The lowest BCUT2D eigenvalue weighted by Crippen LogP contribution is -2.38. The van der Waals surface area contributed by atoms with Gasteiger partial charge in [0.25, 0.3) is 5.91 Å². The Hall–Kier alpha value is -2.83. The zero-order valence-corrected chi connectivity index (χ0v) is 16.6. The molecule has 0 saturated heterocycles. The second kappa shape index (κ2) is 8.70. The molecule has 2 aromatic rings. The average molecular weight is 372 g/mol. The number of nitrogens with zero attached hydrogens (tertiary/aromatic N) is 2. The Balaban J connectivity index is 1.90. The highest BCUT2D eigenvalue weighted by atomic mass is 16.6. The van der Waals surface area contributed by atoms with Crippen molar-refractivity contribution in [1.82, 2.24) is 20.4 Å². The maximum Gasteiger partial charge on any atom is 0.407 e. The zero-order chi connectivity index (χ0) is 20.0. The van der Waals surface area contributed by atoms with Crippen LogP contribution in [0.25, 0.3) is 0 Å². The van der Waals surface area contributed by atoms with Crippen molar-refractivity contribution in [2.24, 2.45) is 0 Å². The van der Waals surface area contributed by atoms with Gasteiger partial charge in [0.1, 0.15) is 5.60 Å². The largest absolute Gasteiger partial charge is 0.444 e. The van der Waals surface area contributed by atoms with Gasteiger partial charge in [0.05, 0.1) is 17.8 Å². The molecule has 0 spiro atoms. The second-order valence-corrected chi connectivity index (χ2v) is 7.37. The summed E-state index contributed by atoms with van der Waals surface area (Å²) in [6.07, 6.45) is -0.500. The molecule has 0 aliphatic rings. The summed E-state index contributed by atoms with van der Waals surface area (Å²) in [5.74, 6) is -0.199. The first-order chi connectivity index (χ1) is 12.7. The summed E-state index contributed by atoms with van der Waals surface area (Å²) < 4.78 is 6.98. The Morgan fingerprint density at radius 3 is 2.33 bits per heavy atom. The lowest BCUT2D eigenvalue weighted by Gasteiger charge is -2.19. The van der Waals surface area contributed by atoms with Crippen molar-refractivity contribution in [3.8, 4) is 0 Å². The third-order valence-corrected chi connectivity index (χ3v) is 3.86. The van der Waals surface area contributed by atoms with Crippen LogP contribution in [0, 0.1) is 13.8 Å². The van der Waals surface area contributed by atoms with E-state index in [-0.39, 0.29) is 12.5 Å². The van der Waals surface area contributed by atoms with E-state index in [0.717, 1.165) is 11.3 Å². The van der Waals surface area contributed by atoms with Crippen LogP contribution >= 0.6 is 0 Å². The standard InChI is InChI=1S/C20H28N4O3/c1-14-17(15(2)24(23-14)13-16-9-7-6-8-10-16)18(25)21-11-12-22-19(26)27-20(3,4)5/h6-10H,11-13H2,1-5H3,(H,21,25)(H,22,26). The van der Waals surface area contributed by atoms with Crippen molar-refractivity contribution in [2.75, 3.05) is 13.1 Å². The number of carbonyl (C=O) groups excluding carboxylic acids is 2. The Bertz CT molecular complexity index is 792. The van der Waals surface area contributed by atoms with Crippen molar-refractivity contribution in [3.63, 3.8) is 0 Å². The van der Waals surface area contributed by atoms with E-state index in [4.69, 9.17) is 4.74 Å². The molecule has 7 heteroatoms. The fraction of sp³-hybridized carbons (Fsp3) is 0.450. The lowest BCUT2D eigenvalue weighted by atomic mass is 10.1. The molecule has 0 atom stereocenters. The van der Waals surface area contributed by atoms with E-state index in [1.165, 1.54) is 0 Å². The van der Waals surface area contributed by atoms with Gasteiger partial charge in [-0.05, 0) is 40.2 Å². The number of carbonyl (C=O) groups is 2. The Morgan fingerprint density at radius 2 is 1.70 bits per heavy atom.